The van der Waals surface area contributed by atoms with Crippen molar-refractivity contribution in [3.8, 4) is 5.75 Å². The van der Waals surface area contributed by atoms with E-state index in [-0.39, 0.29) is 30.1 Å². The zero-order valence-corrected chi connectivity index (χ0v) is 22.2. The molecule has 0 aromatic heterocycles. The van der Waals surface area contributed by atoms with Gasteiger partial charge in [-0.2, -0.15) is 0 Å². The van der Waals surface area contributed by atoms with Gasteiger partial charge in [-0.05, 0) is 74.4 Å². The summed E-state index contributed by atoms with van der Waals surface area (Å²) in [6.07, 6.45) is -1.15. The molecule has 0 saturated carbocycles. The van der Waals surface area contributed by atoms with E-state index in [1.807, 2.05) is 44.2 Å². The first-order valence-electron chi connectivity index (χ1n) is 11.5. The molecule has 0 fully saturated rings. The van der Waals surface area contributed by atoms with Crippen LogP contribution in [-0.2, 0) is 9.59 Å². The molecule has 0 heterocycles. The molecule has 3 aromatic rings. The second-order valence-corrected chi connectivity index (χ2v) is 9.43. The van der Waals surface area contributed by atoms with Crippen molar-refractivity contribution in [3.63, 3.8) is 0 Å². The van der Waals surface area contributed by atoms with Gasteiger partial charge in [0.1, 0.15) is 11.6 Å². The maximum Gasteiger partial charge on any atom is 0.265 e. The predicted octanol–water partition coefficient (Wildman–Crippen LogP) is 6.24. The Labute approximate surface area is 218 Å². The Morgan fingerprint density at radius 3 is 2.28 bits per heavy atom. The first-order chi connectivity index (χ1) is 17.1. The lowest BCUT2D eigenvalue weighted by Crippen LogP contribution is -2.31. The van der Waals surface area contributed by atoms with Crippen molar-refractivity contribution in [2.75, 3.05) is 17.3 Å². The van der Waals surface area contributed by atoms with Crippen LogP contribution in [0, 0.1) is 19.7 Å². The van der Waals surface area contributed by atoms with E-state index in [1.165, 1.54) is 11.0 Å². The van der Waals surface area contributed by atoms with Gasteiger partial charge in [-0.25, -0.2) is 4.39 Å². The van der Waals surface area contributed by atoms with Gasteiger partial charge in [0.2, 0.25) is 5.91 Å². The zero-order valence-electron chi connectivity index (χ0n) is 20.6. The summed E-state index contributed by atoms with van der Waals surface area (Å²) in [5, 5.41) is 2.86. The molecule has 6 nitrogen and oxygen atoms in total. The van der Waals surface area contributed by atoms with Crippen molar-refractivity contribution in [2.45, 2.75) is 39.7 Å². The topological polar surface area (TPSA) is 75.7 Å². The Morgan fingerprint density at radius 2 is 1.64 bits per heavy atom. The fourth-order valence-corrected chi connectivity index (χ4v) is 4.40. The van der Waals surface area contributed by atoms with Gasteiger partial charge in [-0.3, -0.25) is 14.4 Å². The largest absolute Gasteiger partial charge is 0.480 e. The smallest absolute Gasteiger partial charge is 0.265 e. The van der Waals surface area contributed by atoms with Crippen LogP contribution in [0.4, 0.5) is 15.8 Å². The van der Waals surface area contributed by atoms with Gasteiger partial charge in [-0.1, -0.05) is 34.1 Å². The lowest BCUT2D eigenvalue weighted by atomic mass is 10.0. The molecule has 36 heavy (non-hydrogen) atoms. The highest BCUT2D eigenvalue weighted by Crippen LogP contribution is 2.27. The van der Waals surface area contributed by atoms with E-state index in [0.29, 0.717) is 11.4 Å². The Morgan fingerprint density at radius 1 is 1.00 bits per heavy atom. The molecule has 8 heteroatoms. The minimum atomic E-state index is -0.963. The highest BCUT2D eigenvalue weighted by molar-refractivity contribution is 9.10. The predicted molar refractivity (Wildman–Crippen MR) is 142 cm³/mol. The molecule has 1 N–H and O–H groups in total. The quantitative estimate of drug-likeness (QED) is 0.318. The van der Waals surface area contributed by atoms with Crippen LogP contribution in [0.3, 0.4) is 0 Å². The summed E-state index contributed by atoms with van der Waals surface area (Å²) in [7, 11) is 1.63. The second kappa shape index (κ2) is 11.9. The van der Waals surface area contributed by atoms with Crippen molar-refractivity contribution < 1.29 is 23.5 Å². The number of rotatable bonds is 9. The highest BCUT2D eigenvalue weighted by atomic mass is 79.9. The maximum atomic E-state index is 14.0. The summed E-state index contributed by atoms with van der Waals surface area (Å²) in [6, 6.07) is 16.4. The monoisotopic (exact) mass is 554 g/mol. The van der Waals surface area contributed by atoms with Crippen molar-refractivity contribution in [2.24, 2.45) is 0 Å². The second-order valence-electron chi connectivity index (χ2n) is 8.52. The van der Waals surface area contributed by atoms with E-state index in [2.05, 4.69) is 21.2 Å². The third kappa shape index (κ3) is 6.79. The Bertz CT molecular complexity index is 1260. The summed E-state index contributed by atoms with van der Waals surface area (Å²) in [5.41, 5.74) is 3.13. The van der Waals surface area contributed by atoms with Gasteiger partial charge in [0.15, 0.2) is 11.9 Å². The number of nitrogens with zero attached hydrogens (tertiary/aromatic N) is 1. The molecule has 188 valence electrons. The summed E-state index contributed by atoms with van der Waals surface area (Å²) >= 11 is 3.43. The van der Waals surface area contributed by atoms with Crippen LogP contribution in [0.2, 0.25) is 0 Å². The van der Waals surface area contributed by atoms with Gasteiger partial charge >= 0.3 is 0 Å². The minimum Gasteiger partial charge on any atom is -0.480 e. The van der Waals surface area contributed by atoms with Crippen LogP contribution < -0.4 is 15.0 Å². The third-order valence-corrected chi connectivity index (χ3v) is 6.20. The van der Waals surface area contributed by atoms with Crippen LogP contribution in [0.5, 0.6) is 5.75 Å². The number of halogens is 2. The molecule has 0 aliphatic heterocycles. The van der Waals surface area contributed by atoms with Crippen LogP contribution in [0.1, 0.15) is 41.3 Å². The van der Waals surface area contributed by atoms with Crippen molar-refractivity contribution >= 4 is 44.9 Å². The summed E-state index contributed by atoms with van der Waals surface area (Å²) < 4.78 is 20.7. The van der Waals surface area contributed by atoms with Crippen LogP contribution in [0.15, 0.2) is 65.1 Å². The molecule has 1 atom stereocenters. The van der Waals surface area contributed by atoms with Crippen LogP contribution in [-0.4, -0.2) is 30.7 Å². The average Bonchev–Trinajstić information content (AvgIpc) is 2.85. The van der Waals surface area contributed by atoms with Gasteiger partial charge in [-0.15, -0.1) is 0 Å². The number of carbonyl (C=O) groups is 3. The van der Waals surface area contributed by atoms with Gasteiger partial charge in [0.05, 0.1) is 5.56 Å². The molecular formula is C28H28BrFN2O4. The third-order valence-electron chi connectivity index (χ3n) is 5.74. The van der Waals surface area contributed by atoms with E-state index in [0.717, 1.165) is 27.7 Å². The van der Waals surface area contributed by atoms with Gasteiger partial charge in [0.25, 0.3) is 5.91 Å². The number of aryl methyl sites for hydroxylation is 2. The SMILES string of the molecule is Cc1cc(Br)cc(C)c1NC(=O)[C@@H](C)Oc1ccc(F)cc1C(=O)CCC(=O)N(C)c1ccccc1. The van der Waals surface area contributed by atoms with Crippen LogP contribution in [0.25, 0.3) is 0 Å². The molecule has 0 spiro atoms. The maximum absolute atomic E-state index is 14.0. The van der Waals surface area contributed by atoms with E-state index >= 15 is 0 Å². The standard InChI is InChI=1S/C28H28BrFN2O4/c1-17-14-20(29)15-18(2)27(17)31-28(35)19(3)36-25-12-10-21(30)16-23(25)24(33)11-13-26(34)32(4)22-8-6-5-7-9-22/h5-10,12,14-16,19H,11,13H2,1-4H3,(H,31,35)/t19-/m1/s1. The molecule has 2 amide bonds. The molecule has 3 aromatic carbocycles. The Kier molecular flexibility index (Phi) is 8.98. The summed E-state index contributed by atoms with van der Waals surface area (Å²) in [5.74, 6) is -1.65. The summed E-state index contributed by atoms with van der Waals surface area (Å²) in [4.78, 5) is 39.8. The first-order valence-corrected chi connectivity index (χ1v) is 12.2. The average molecular weight is 555 g/mol. The van der Waals surface area contributed by atoms with Crippen molar-refractivity contribution in [1.29, 1.82) is 0 Å². The minimum absolute atomic E-state index is 0.0131. The number of hydrogen-bond acceptors (Lipinski definition) is 4. The van der Waals surface area contributed by atoms with E-state index in [9.17, 15) is 18.8 Å². The number of anilines is 2. The number of hydrogen-bond donors (Lipinski definition) is 1. The fraction of sp³-hybridized carbons (Fsp3) is 0.250. The molecule has 0 aliphatic carbocycles. The Hall–Kier alpha value is -3.52. The lowest BCUT2D eigenvalue weighted by Gasteiger charge is -2.19. The number of para-hydroxylation sites is 1. The number of benzene rings is 3. The number of nitrogens with one attached hydrogen (secondary N) is 1. The lowest BCUT2D eigenvalue weighted by molar-refractivity contribution is -0.122. The molecule has 0 saturated heterocycles. The van der Waals surface area contributed by atoms with E-state index in [4.69, 9.17) is 4.74 Å². The van der Waals surface area contributed by atoms with Crippen LogP contribution >= 0.6 is 15.9 Å². The molecule has 3 rings (SSSR count). The van der Waals surface area contributed by atoms with E-state index < -0.39 is 23.6 Å². The normalized spacial score (nSPS) is 11.5. The molecular weight excluding hydrogens is 527 g/mol. The number of ketones is 1. The first kappa shape index (κ1) is 27.1. The Balaban J connectivity index is 1.69. The molecule has 0 bridgehead atoms. The van der Waals surface area contributed by atoms with Gasteiger partial charge < -0.3 is 15.0 Å². The zero-order chi connectivity index (χ0) is 26.4. The summed E-state index contributed by atoms with van der Waals surface area (Å²) in [6.45, 7) is 5.31. The molecule has 0 aliphatic rings. The number of Topliss-reactive ketones (excluding diaryl/α,β-unsaturated/α-hetero) is 1. The molecule has 0 unspecified atom stereocenters. The van der Waals surface area contributed by atoms with Crippen molar-refractivity contribution in [3.05, 3.63) is 87.6 Å². The number of carbonyl (C=O) groups excluding carboxylic acids is 3. The van der Waals surface area contributed by atoms with E-state index in [1.54, 1.807) is 26.1 Å². The number of ether oxygens (including phenoxy) is 1. The molecule has 0 radical (unpaired) electrons. The van der Waals surface area contributed by atoms with Gasteiger partial charge in [0, 0.05) is 35.7 Å². The fourth-order valence-electron chi connectivity index (χ4n) is 3.72. The number of amides is 2. The van der Waals surface area contributed by atoms with Crippen molar-refractivity contribution in [1.82, 2.24) is 0 Å². The highest BCUT2D eigenvalue weighted by Gasteiger charge is 2.22.